The zero-order valence-corrected chi connectivity index (χ0v) is 11.8. The van der Waals surface area contributed by atoms with E-state index in [9.17, 15) is 4.79 Å². The fourth-order valence-electron chi connectivity index (χ4n) is 2.53. The van der Waals surface area contributed by atoms with Crippen LogP contribution in [0.3, 0.4) is 0 Å². The fraction of sp³-hybridized carbons (Fsp3) is 0.400. The smallest absolute Gasteiger partial charge is 0.271 e. The van der Waals surface area contributed by atoms with E-state index >= 15 is 0 Å². The number of nitrogens with one attached hydrogen (secondary N) is 1. The van der Waals surface area contributed by atoms with Crippen LogP contribution in [0, 0.1) is 17.2 Å². The number of hydrogen-bond acceptors (Lipinski definition) is 5. The van der Waals surface area contributed by atoms with Gasteiger partial charge in [-0.1, -0.05) is 6.92 Å². The van der Waals surface area contributed by atoms with Crippen LogP contribution in [0.1, 0.15) is 25.3 Å². The van der Waals surface area contributed by atoms with Crippen molar-refractivity contribution in [1.29, 1.82) is 5.26 Å². The summed E-state index contributed by atoms with van der Waals surface area (Å²) < 4.78 is 5.29. The third kappa shape index (κ3) is 2.55. The molecule has 3 rings (SSSR count). The minimum absolute atomic E-state index is 0.0147. The van der Waals surface area contributed by atoms with E-state index in [0.29, 0.717) is 23.3 Å². The van der Waals surface area contributed by atoms with E-state index < -0.39 is 5.56 Å². The molecule has 1 aliphatic rings. The van der Waals surface area contributed by atoms with Crippen molar-refractivity contribution in [2.24, 2.45) is 5.92 Å². The van der Waals surface area contributed by atoms with E-state index in [4.69, 9.17) is 9.68 Å². The van der Waals surface area contributed by atoms with Gasteiger partial charge in [-0.25, -0.2) is 4.98 Å². The number of rotatable bonds is 2. The molecule has 2 aromatic heterocycles. The molecule has 1 aliphatic heterocycles. The summed E-state index contributed by atoms with van der Waals surface area (Å²) in [7, 11) is 0. The molecule has 108 valence electrons. The van der Waals surface area contributed by atoms with E-state index in [1.807, 2.05) is 6.07 Å². The zero-order valence-electron chi connectivity index (χ0n) is 11.8. The SMILES string of the molecule is CC1CCN(c2nc(-c3ccco3)c(C#N)c(=O)[nH]2)CC1. The van der Waals surface area contributed by atoms with Gasteiger partial charge in [0.2, 0.25) is 5.95 Å². The molecule has 0 spiro atoms. The highest BCUT2D eigenvalue weighted by atomic mass is 16.3. The normalized spacial score (nSPS) is 15.9. The summed E-state index contributed by atoms with van der Waals surface area (Å²) in [6, 6.07) is 5.31. The van der Waals surface area contributed by atoms with Gasteiger partial charge in [0, 0.05) is 13.1 Å². The standard InChI is InChI=1S/C15H16N4O2/c1-10-4-6-19(7-5-10)15-17-13(12-3-2-8-21-12)11(9-16)14(20)18-15/h2-3,8,10H,4-7H2,1H3,(H,17,18,20). The van der Waals surface area contributed by atoms with Crippen LogP contribution in [0.15, 0.2) is 27.6 Å². The maximum absolute atomic E-state index is 12.1. The van der Waals surface area contributed by atoms with Gasteiger partial charge in [0.15, 0.2) is 5.76 Å². The Morgan fingerprint density at radius 3 is 2.86 bits per heavy atom. The van der Waals surface area contributed by atoms with Gasteiger partial charge < -0.3 is 9.32 Å². The first kappa shape index (κ1) is 13.4. The number of aromatic nitrogens is 2. The van der Waals surface area contributed by atoms with Crippen LogP contribution in [0.4, 0.5) is 5.95 Å². The Hall–Kier alpha value is -2.55. The molecule has 0 aliphatic carbocycles. The predicted octanol–water partition coefficient (Wildman–Crippen LogP) is 2.14. The summed E-state index contributed by atoms with van der Waals surface area (Å²) in [6.07, 6.45) is 3.64. The van der Waals surface area contributed by atoms with Crippen LogP contribution in [-0.2, 0) is 0 Å². The second kappa shape index (κ2) is 5.44. The first-order valence-corrected chi connectivity index (χ1v) is 7.02. The van der Waals surface area contributed by atoms with E-state index in [1.165, 1.54) is 6.26 Å². The maximum Gasteiger partial charge on any atom is 0.271 e. The highest BCUT2D eigenvalue weighted by Gasteiger charge is 2.21. The highest BCUT2D eigenvalue weighted by Crippen LogP contribution is 2.24. The Bertz CT molecular complexity index is 719. The van der Waals surface area contributed by atoms with Crippen LogP contribution >= 0.6 is 0 Å². The molecule has 1 saturated heterocycles. The van der Waals surface area contributed by atoms with Crippen molar-refractivity contribution in [2.75, 3.05) is 18.0 Å². The average Bonchev–Trinajstić information content (AvgIpc) is 3.01. The Balaban J connectivity index is 2.04. The number of aromatic amines is 1. The molecule has 21 heavy (non-hydrogen) atoms. The van der Waals surface area contributed by atoms with E-state index in [-0.39, 0.29) is 5.56 Å². The average molecular weight is 284 g/mol. The number of furan rings is 1. The maximum atomic E-state index is 12.1. The van der Waals surface area contributed by atoms with E-state index in [2.05, 4.69) is 21.8 Å². The van der Waals surface area contributed by atoms with Crippen LogP contribution in [0.25, 0.3) is 11.5 Å². The highest BCUT2D eigenvalue weighted by molar-refractivity contribution is 5.62. The molecule has 0 atom stereocenters. The molecule has 1 N–H and O–H groups in total. The molecule has 0 unspecified atom stereocenters. The van der Waals surface area contributed by atoms with Crippen LogP contribution in [-0.4, -0.2) is 23.1 Å². The largest absolute Gasteiger partial charge is 0.463 e. The van der Waals surface area contributed by atoms with Crippen molar-refractivity contribution in [3.05, 3.63) is 34.3 Å². The van der Waals surface area contributed by atoms with E-state index in [1.54, 1.807) is 12.1 Å². The van der Waals surface area contributed by atoms with Crippen molar-refractivity contribution in [1.82, 2.24) is 9.97 Å². The van der Waals surface area contributed by atoms with Crippen molar-refractivity contribution in [3.8, 4) is 17.5 Å². The van der Waals surface area contributed by atoms with Gasteiger partial charge in [-0.3, -0.25) is 9.78 Å². The van der Waals surface area contributed by atoms with Crippen LogP contribution in [0.5, 0.6) is 0 Å². The van der Waals surface area contributed by atoms with Crippen molar-refractivity contribution in [3.63, 3.8) is 0 Å². The van der Waals surface area contributed by atoms with Gasteiger partial charge in [-0.05, 0) is 30.9 Å². The second-order valence-electron chi connectivity index (χ2n) is 5.37. The first-order chi connectivity index (χ1) is 10.2. The summed E-state index contributed by atoms with van der Waals surface area (Å²) in [4.78, 5) is 21.3. The Kier molecular flexibility index (Phi) is 3.48. The Morgan fingerprint density at radius 2 is 2.24 bits per heavy atom. The lowest BCUT2D eigenvalue weighted by Crippen LogP contribution is -2.35. The molecule has 0 radical (unpaired) electrons. The quantitative estimate of drug-likeness (QED) is 0.913. The van der Waals surface area contributed by atoms with Gasteiger partial charge in [-0.2, -0.15) is 5.26 Å². The third-order valence-electron chi connectivity index (χ3n) is 3.86. The molecular weight excluding hydrogens is 268 g/mol. The lowest BCUT2D eigenvalue weighted by Gasteiger charge is -2.30. The zero-order chi connectivity index (χ0) is 14.8. The number of anilines is 1. The topological polar surface area (TPSA) is 85.9 Å². The molecule has 6 nitrogen and oxygen atoms in total. The first-order valence-electron chi connectivity index (χ1n) is 7.02. The fourth-order valence-corrected chi connectivity index (χ4v) is 2.53. The molecule has 1 fully saturated rings. The summed E-state index contributed by atoms with van der Waals surface area (Å²) in [5, 5.41) is 9.17. The second-order valence-corrected chi connectivity index (χ2v) is 5.37. The number of nitriles is 1. The van der Waals surface area contributed by atoms with Gasteiger partial charge >= 0.3 is 0 Å². The van der Waals surface area contributed by atoms with Crippen LogP contribution in [0.2, 0.25) is 0 Å². The third-order valence-corrected chi connectivity index (χ3v) is 3.86. The molecule has 2 aromatic rings. The molecule has 0 bridgehead atoms. The van der Waals surface area contributed by atoms with Gasteiger partial charge in [0.1, 0.15) is 17.3 Å². The Morgan fingerprint density at radius 1 is 1.48 bits per heavy atom. The molecule has 6 heteroatoms. The van der Waals surface area contributed by atoms with Gasteiger partial charge in [0.25, 0.3) is 5.56 Å². The lowest BCUT2D eigenvalue weighted by molar-refractivity contribution is 0.434. The number of hydrogen-bond donors (Lipinski definition) is 1. The Labute approximate surface area is 122 Å². The number of H-pyrrole nitrogens is 1. The molecular formula is C15H16N4O2. The molecule has 0 saturated carbocycles. The predicted molar refractivity (Wildman–Crippen MR) is 77.9 cm³/mol. The van der Waals surface area contributed by atoms with Gasteiger partial charge in [-0.15, -0.1) is 0 Å². The summed E-state index contributed by atoms with van der Waals surface area (Å²) in [5.74, 6) is 1.64. The minimum atomic E-state index is -0.424. The van der Waals surface area contributed by atoms with Crippen LogP contribution < -0.4 is 10.5 Å². The van der Waals surface area contributed by atoms with E-state index in [0.717, 1.165) is 25.9 Å². The summed E-state index contributed by atoms with van der Waals surface area (Å²) in [5.41, 5.74) is -0.133. The molecule has 0 aromatic carbocycles. The van der Waals surface area contributed by atoms with Crippen molar-refractivity contribution < 1.29 is 4.42 Å². The lowest BCUT2D eigenvalue weighted by atomic mass is 10.00. The van der Waals surface area contributed by atoms with Gasteiger partial charge in [0.05, 0.1) is 6.26 Å². The minimum Gasteiger partial charge on any atom is -0.463 e. The van der Waals surface area contributed by atoms with Crippen molar-refractivity contribution in [2.45, 2.75) is 19.8 Å². The number of piperidine rings is 1. The molecule has 3 heterocycles. The summed E-state index contributed by atoms with van der Waals surface area (Å²) >= 11 is 0. The van der Waals surface area contributed by atoms with Crippen molar-refractivity contribution >= 4 is 5.95 Å². The summed E-state index contributed by atoms with van der Waals surface area (Å²) in [6.45, 7) is 3.93. The monoisotopic (exact) mass is 284 g/mol. The number of nitrogens with zero attached hydrogens (tertiary/aromatic N) is 3. The molecule has 0 amide bonds.